The van der Waals surface area contributed by atoms with Gasteiger partial charge in [0.2, 0.25) is 53.2 Å². The van der Waals surface area contributed by atoms with Crippen LogP contribution in [0.4, 0.5) is 4.79 Å². The van der Waals surface area contributed by atoms with Gasteiger partial charge in [0.05, 0.1) is 104 Å². The van der Waals surface area contributed by atoms with Gasteiger partial charge in [0.15, 0.2) is 34.7 Å². The van der Waals surface area contributed by atoms with Gasteiger partial charge in [-0.1, -0.05) is 107 Å². The minimum absolute atomic E-state index is 0.000567. The molecule has 10 amide bonds. The van der Waals surface area contributed by atoms with Gasteiger partial charge in [-0.05, 0) is 151 Å². The minimum atomic E-state index is -2.00. The molecule has 3 aromatic rings. The van der Waals surface area contributed by atoms with E-state index in [2.05, 4.69) is 42.5 Å². The summed E-state index contributed by atoms with van der Waals surface area (Å²) in [6, 6.07) is 10.4. The number of phenolic OH excluding ortho intramolecular Hbond substituents is 2. The number of hydrogen-bond acceptors (Lipinski definition) is 28. The highest BCUT2D eigenvalue weighted by Gasteiger charge is 2.42. The number of nitrogens with zero attached hydrogens (tertiary/aromatic N) is 1. The number of thioether (sulfide) groups is 1. The number of nitrogens with two attached hydrogens (primary N) is 1. The number of unbranched alkanes of at least 4 members (excludes halogenated alkanes) is 1. The van der Waals surface area contributed by atoms with E-state index in [1.54, 1.807) is 65.0 Å². The highest BCUT2D eigenvalue weighted by molar-refractivity contribution is 8.14. The second kappa shape index (κ2) is 57.2. The minimum Gasteiger partial charge on any atom is -0.508 e. The predicted octanol–water partition coefficient (Wildman–Crippen LogP) is 2.60. The van der Waals surface area contributed by atoms with E-state index in [1.165, 1.54) is 48.5 Å². The van der Waals surface area contributed by atoms with Crippen molar-refractivity contribution in [1.82, 2.24) is 47.4 Å². The highest BCUT2D eigenvalue weighted by atomic mass is 32.2. The number of rotatable bonds is 64. The van der Waals surface area contributed by atoms with E-state index in [1.807, 2.05) is 0 Å². The Morgan fingerprint density at radius 1 is 0.463 bits per heavy atom. The lowest BCUT2D eigenvalue weighted by molar-refractivity contribution is -0.143. The molecule has 40 heteroatoms. The molecule has 16 atom stereocenters. The molecule has 0 radical (unpaired) electrons. The summed E-state index contributed by atoms with van der Waals surface area (Å²) in [5.74, 6) is -31.0. The Morgan fingerprint density at radius 3 is 1.44 bits per heavy atom. The largest absolute Gasteiger partial charge is 0.508 e. The predicted molar refractivity (Wildman–Crippen MR) is 485 cm³/mol. The average molecular weight is 1900 g/mol. The van der Waals surface area contributed by atoms with E-state index in [4.69, 9.17) is 5.73 Å². The summed E-state index contributed by atoms with van der Waals surface area (Å²) in [7, 11) is 0. The van der Waals surface area contributed by atoms with Crippen LogP contribution < -0.4 is 48.3 Å². The number of nitrogens with one attached hydrogen (secondary N) is 8. The number of ketones is 7. The molecule has 39 nitrogen and oxygen atoms in total. The van der Waals surface area contributed by atoms with Gasteiger partial charge >= 0.3 is 17.9 Å². The van der Waals surface area contributed by atoms with E-state index in [0.717, 1.165) is 30.5 Å². The third-order valence-electron chi connectivity index (χ3n) is 24.2. The standard InChI is InChI=1S/C94H132N10O29S/c1-8-52(4)85(80(117)41-62(35-57-17-26-66(109)27-18-57)89(128)99-71(34-51(2)3)76(113)39-63(43-83(121)122)88(127)98-53(5)14-12-13-31-95)103-91(130)65(48-105)42-77(114)72(37-58-19-28-67(110)29-20-58)100-90(129)64(44-84(123)124)40-78(115)74(49-106)102-93(132)70(55(7)108)46-79(116)73(36-56-15-10-9-11-16-56)101-92(131)69(54(6)107)45-68(111)47-97-87(126)61(25-30-82(119)120)38-75(112)59-21-23-60(24-22-59)86(125)96-32-33-104-81(118)50-134-94(104)133/h9-11,15-20,26-29,51-55,59-65,69-74,85,105-110H,8,12-14,21-25,30-50,95H2,1-7H3,(H,96,125)(H,97,126)(H,98,127)(H,99,128)(H,100,129)(H,101,131)(H,102,132)(H,103,130)(H,119,120)(H,121,122)(H,123,124)/t52-,53+,54+,55+,59?,60?,61+,62+,63-,64-,65-,69-,70-,71-,72-,73-,74-,85-/m0/s1. The Morgan fingerprint density at radius 2 is 0.933 bits per heavy atom. The van der Waals surface area contributed by atoms with Gasteiger partial charge in [-0.15, -0.1) is 0 Å². The monoisotopic (exact) mass is 1900 g/mol. The van der Waals surface area contributed by atoms with Gasteiger partial charge in [0.25, 0.3) is 5.24 Å². The first-order chi connectivity index (χ1) is 63.3. The van der Waals surface area contributed by atoms with E-state index in [0.29, 0.717) is 49.8 Å². The molecule has 1 aliphatic carbocycles. The molecule has 2 aliphatic rings. The lowest BCUT2D eigenvalue weighted by atomic mass is 9.77. The summed E-state index contributed by atoms with van der Waals surface area (Å²) < 4.78 is 0. The van der Waals surface area contributed by atoms with Crippen LogP contribution >= 0.6 is 11.8 Å². The van der Waals surface area contributed by atoms with Crippen molar-refractivity contribution in [2.45, 2.75) is 245 Å². The SMILES string of the molecule is CC[C@H](C)[C@H](NC(=O)[C@H](CO)CC(=O)[C@H](Cc1ccc(O)cc1)NC(=O)[C@H](CC(=O)O)CC(=O)[C@H](CO)NC(=O)[C@@H](CC(=O)[C@H](Cc1ccccc1)NC(=O)[C@@H](CC(=O)CNC(=O)[C@H](CCC(=O)O)CC(=O)C1CCC(C(=O)NCCN2C(=O)CSC2=O)CC1)[C@@H](C)O)[C@@H](C)O)C(=O)C[C@@H](Cc1ccc(O)cc1)C(=O)N[C@@H](CC(C)C)C(=O)C[C@@H](CC(=O)O)C(=O)N[C@H](C)CCCCN. The van der Waals surface area contributed by atoms with Crippen molar-refractivity contribution in [2.24, 2.45) is 70.8 Å². The molecule has 0 unspecified atom stereocenters. The number of aliphatic hydroxyl groups is 4. The van der Waals surface area contributed by atoms with Crippen LogP contribution in [-0.4, -0.2) is 261 Å². The number of carboxylic acid groups (broad SMARTS) is 3. The first-order valence-electron chi connectivity index (χ1n) is 45.4. The molecule has 1 heterocycles. The van der Waals surface area contributed by atoms with Crippen LogP contribution in [0.2, 0.25) is 0 Å². The fraction of sp³-hybridized carbons (Fsp3) is 0.596. The zero-order valence-corrected chi connectivity index (χ0v) is 77.6. The molecule has 738 valence electrons. The van der Waals surface area contributed by atoms with Gasteiger partial charge < -0.3 is 94.2 Å². The summed E-state index contributed by atoms with van der Waals surface area (Å²) in [4.78, 5) is 274. The molecule has 1 saturated carbocycles. The van der Waals surface area contributed by atoms with Gasteiger partial charge in [0, 0.05) is 94.2 Å². The molecule has 5 rings (SSSR count). The fourth-order valence-corrected chi connectivity index (χ4v) is 16.7. The van der Waals surface area contributed by atoms with Gasteiger partial charge in [-0.2, -0.15) is 0 Å². The highest BCUT2D eigenvalue weighted by Crippen LogP contribution is 2.33. The number of Topliss-reactive ketones (excluding diaryl/α,β-unsaturated/α-hetero) is 7. The molecule has 134 heavy (non-hydrogen) atoms. The second-order valence-corrected chi connectivity index (χ2v) is 36.4. The second-order valence-electron chi connectivity index (χ2n) is 35.5. The maximum absolute atomic E-state index is 14.9. The molecule has 0 bridgehead atoms. The molecule has 2 fully saturated rings. The first kappa shape index (κ1) is 113. The number of aliphatic hydroxyl groups excluding tert-OH is 4. The third-order valence-corrected chi connectivity index (χ3v) is 25.0. The van der Waals surface area contributed by atoms with Crippen molar-refractivity contribution in [3.63, 3.8) is 0 Å². The van der Waals surface area contributed by atoms with E-state index < -0.39 is 297 Å². The number of carboxylic acids is 3. The number of phenols is 2. The number of hydrogen-bond donors (Lipinski definition) is 18. The van der Waals surface area contributed by atoms with Crippen LogP contribution in [-0.2, 0) is 110 Å². The molecule has 19 N–H and O–H groups in total. The molecule has 0 aromatic heterocycles. The molecule has 3 aromatic carbocycles. The van der Waals surface area contributed by atoms with Crippen LogP contribution in [0.1, 0.15) is 194 Å². The summed E-state index contributed by atoms with van der Waals surface area (Å²) in [6.07, 6.45) is -8.99. The molecule has 1 saturated heterocycles. The topological polar surface area (TPSA) is 649 Å². The van der Waals surface area contributed by atoms with Crippen LogP contribution in [0.5, 0.6) is 11.5 Å². The lowest BCUT2D eigenvalue weighted by Gasteiger charge is -2.28. The Labute approximate surface area is 781 Å². The average Bonchev–Trinajstić information content (AvgIpc) is 1.10. The van der Waals surface area contributed by atoms with E-state index >= 15 is 0 Å². The van der Waals surface area contributed by atoms with Crippen molar-refractivity contribution < 1.29 is 142 Å². The van der Waals surface area contributed by atoms with Crippen LogP contribution in [0.15, 0.2) is 78.9 Å². The van der Waals surface area contributed by atoms with Crippen molar-refractivity contribution in [3.8, 4) is 11.5 Å². The normalized spacial score (nSPS) is 17.4. The Hall–Kier alpha value is -11.6. The van der Waals surface area contributed by atoms with Crippen molar-refractivity contribution in [3.05, 3.63) is 95.6 Å². The number of amides is 10. The Balaban J connectivity index is 1.29. The quantitative estimate of drug-likeness (QED) is 0.0361. The van der Waals surface area contributed by atoms with Crippen LogP contribution in [0.3, 0.4) is 0 Å². The smallest absolute Gasteiger partial charge is 0.304 e. The number of carbonyl (C=O) groups is 20. The van der Waals surface area contributed by atoms with Gasteiger partial charge in [-0.3, -0.25) is 101 Å². The molecule has 1 aliphatic heterocycles. The third kappa shape index (κ3) is 38.8. The van der Waals surface area contributed by atoms with Crippen molar-refractivity contribution >= 4 is 129 Å². The Bertz CT molecular complexity index is 4530. The lowest BCUT2D eigenvalue weighted by Crippen LogP contribution is -2.52. The zero-order valence-electron chi connectivity index (χ0n) is 76.8. The van der Waals surface area contributed by atoms with E-state index in [-0.39, 0.29) is 104 Å². The maximum atomic E-state index is 14.9. The summed E-state index contributed by atoms with van der Waals surface area (Å²) in [5, 5.41) is 114. The molecular formula is C94H132N10O29S. The summed E-state index contributed by atoms with van der Waals surface area (Å²) in [6.45, 7) is 8.19. The molecule has 0 spiro atoms. The number of carbonyl (C=O) groups excluding carboxylic acids is 17. The molecular weight excluding hydrogens is 1770 g/mol. The van der Waals surface area contributed by atoms with Crippen molar-refractivity contribution in [1.29, 1.82) is 0 Å². The number of imide groups is 1. The van der Waals surface area contributed by atoms with Crippen molar-refractivity contribution in [2.75, 3.05) is 45.1 Å². The van der Waals surface area contributed by atoms with Gasteiger partial charge in [-0.25, -0.2) is 0 Å². The fourth-order valence-electron chi connectivity index (χ4n) is 16.0. The first-order valence-corrected chi connectivity index (χ1v) is 46.4. The summed E-state index contributed by atoms with van der Waals surface area (Å²) >= 11 is 0.863. The number of aromatic hydroxyl groups is 2. The summed E-state index contributed by atoms with van der Waals surface area (Å²) in [5.41, 5.74) is 6.77. The van der Waals surface area contributed by atoms with Gasteiger partial charge in [0.1, 0.15) is 23.3 Å². The Kier molecular flexibility index (Phi) is 48.2. The maximum Gasteiger partial charge on any atom is 0.304 e. The number of benzene rings is 3. The van der Waals surface area contributed by atoms with Crippen LogP contribution in [0, 0.1) is 65.1 Å². The van der Waals surface area contributed by atoms with Crippen LogP contribution in [0.25, 0.3) is 0 Å². The number of aliphatic carboxylic acids is 3. The van der Waals surface area contributed by atoms with E-state index in [9.17, 15) is 142 Å². The zero-order chi connectivity index (χ0) is 99.8.